The Morgan fingerprint density at radius 3 is 2.92 bits per heavy atom. The summed E-state index contributed by atoms with van der Waals surface area (Å²) < 4.78 is 0. The maximum atomic E-state index is 10.6. The zero-order chi connectivity index (χ0) is 9.26. The second-order valence-electron chi connectivity index (χ2n) is 2.69. The van der Waals surface area contributed by atoms with E-state index in [-0.39, 0.29) is 5.75 Å². The van der Waals surface area contributed by atoms with Gasteiger partial charge in [-0.3, -0.25) is 9.78 Å². The molecule has 0 amide bonds. The van der Waals surface area contributed by atoms with E-state index in [1.54, 1.807) is 24.3 Å². The summed E-state index contributed by atoms with van der Waals surface area (Å²) in [5.74, 6) is 0.0983. The van der Waals surface area contributed by atoms with Gasteiger partial charge in [0.25, 0.3) is 0 Å². The number of benzene rings is 1. The minimum atomic E-state index is 0.0983. The van der Waals surface area contributed by atoms with Crippen LogP contribution in [0.2, 0.25) is 0 Å². The minimum absolute atomic E-state index is 0.0983. The molecule has 1 aromatic carbocycles. The fourth-order valence-electron chi connectivity index (χ4n) is 1.28. The number of para-hydroxylation sites is 1. The van der Waals surface area contributed by atoms with E-state index in [0.29, 0.717) is 16.5 Å². The van der Waals surface area contributed by atoms with Gasteiger partial charge >= 0.3 is 0 Å². The van der Waals surface area contributed by atoms with Gasteiger partial charge in [0.2, 0.25) is 0 Å². The predicted molar refractivity (Wildman–Crippen MR) is 48.8 cm³/mol. The van der Waals surface area contributed by atoms with E-state index >= 15 is 0 Å². The lowest BCUT2D eigenvalue weighted by molar-refractivity contribution is 0.112. The number of fused-ring (bicyclic) bond motifs is 1. The molecule has 2 aromatic rings. The number of aldehydes is 1. The molecule has 3 nitrogen and oxygen atoms in total. The highest BCUT2D eigenvalue weighted by Gasteiger charge is 2.03. The molecule has 0 spiro atoms. The molecule has 0 saturated carbocycles. The van der Waals surface area contributed by atoms with Crippen molar-refractivity contribution in [1.82, 2.24) is 4.98 Å². The molecule has 64 valence electrons. The smallest absolute Gasteiger partial charge is 0.150 e. The number of rotatable bonds is 1. The first-order valence-corrected chi connectivity index (χ1v) is 3.85. The average Bonchev–Trinajstić information content (AvgIpc) is 2.18. The van der Waals surface area contributed by atoms with Crippen molar-refractivity contribution in [1.29, 1.82) is 0 Å². The number of carbonyl (C=O) groups is 1. The first-order valence-electron chi connectivity index (χ1n) is 3.85. The summed E-state index contributed by atoms with van der Waals surface area (Å²) in [6.07, 6.45) is 2.26. The maximum absolute atomic E-state index is 10.6. The fraction of sp³-hybridized carbons (Fsp3) is 0. The third kappa shape index (κ3) is 1.14. The molecule has 0 radical (unpaired) electrons. The number of phenolic OH excluding ortho intramolecular Hbond substituents is 1. The van der Waals surface area contributed by atoms with Gasteiger partial charge in [0, 0.05) is 17.1 Å². The van der Waals surface area contributed by atoms with E-state index in [1.807, 2.05) is 0 Å². The van der Waals surface area contributed by atoms with Crippen LogP contribution >= 0.6 is 0 Å². The van der Waals surface area contributed by atoms with E-state index in [9.17, 15) is 9.90 Å². The molecule has 13 heavy (non-hydrogen) atoms. The second-order valence-corrected chi connectivity index (χ2v) is 2.69. The molecule has 0 aliphatic rings. The van der Waals surface area contributed by atoms with Gasteiger partial charge in [-0.05, 0) is 12.1 Å². The van der Waals surface area contributed by atoms with Gasteiger partial charge in [-0.15, -0.1) is 0 Å². The quantitative estimate of drug-likeness (QED) is 0.668. The zero-order valence-corrected chi connectivity index (χ0v) is 6.77. The number of aromatic hydroxyl groups is 1. The van der Waals surface area contributed by atoms with Crippen LogP contribution in [0, 0.1) is 0 Å². The third-order valence-electron chi connectivity index (χ3n) is 1.91. The van der Waals surface area contributed by atoms with Gasteiger partial charge in [-0.1, -0.05) is 12.1 Å². The first-order chi connectivity index (χ1) is 6.33. The molecular formula is C10H7NO2. The lowest BCUT2D eigenvalue weighted by Crippen LogP contribution is -1.85. The van der Waals surface area contributed by atoms with Crippen molar-refractivity contribution < 1.29 is 9.90 Å². The molecule has 0 fully saturated rings. The van der Waals surface area contributed by atoms with Crippen LogP contribution in [0.4, 0.5) is 0 Å². The Labute approximate surface area is 74.7 Å². The molecule has 0 unspecified atom stereocenters. The molecule has 0 aliphatic carbocycles. The van der Waals surface area contributed by atoms with E-state index in [4.69, 9.17) is 0 Å². The summed E-state index contributed by atoms with van der Waals surface area (Å²) >= 11 is 0. The summed E-state index contributed by atoms with van der Waals surface area (Å²) in [4.78, 5) is 14.6. The Hall–Kier alpha value is -1.90. The van der Waals surface area contributed by atoms with E-state index < -0.39 is 0 Å². The van der Waals surface area contributed by atoms with Crippen molar-refractivity contribution in [2.45, 2.75) is 0 Å². The van der Waals surface area contributed by atoms with Gasteiger partial charge in [0.05, 0.1) is 0 Å². The monoisotopic (exact) mass is 173 g/mol. The van der Waals surface area contributed by atoms with Crippen LogP contribution in [-0.4, -0.2) is 16.4 Å². The van der Waals surface area contributed by atoms with E-state index in [0.717, 1.165) is 6.29 Å². The van der Waals surface area contributed by atoms with Gasteiger partial charge < -0.3 is 5.11 Å². The molecule has 0 aliphatic heterocycles. The molecule has 2 rings (SSSR count). The van der Waals surface area contributed by atoms with Crippen LogP contribution in [-0.2, 0) is 0 Å². The number of pyridine rings is 1. The number of carbonyl (C=O) groups excluding carboxylic acids is 1. The zero-order valence-electron chi connectivity index (χ0n) is 6.77. The lowest BCUT2D eigenvalue weighted by atomic mass is 10.1. The largest absolute Gasteiger partial charge is 0.506 e. The highest BCUT2D eigenvalue weighted by molar-refractivity contribution is 5.98. The third-order valence-corrected chi connectivity index (χ3v) is 1.91. The number of nitrogens with zero attached hydrogens (tertiary/aromatic N) is 1. The lowest BCUT2D eigenvalue weighted by Gasteiger charge is -2.00. The standard InChI is InChI=1S/C10H7NO2/c12-6-7-4-5-11-10-8(7)2-1-3-9(10)13/h1-6,13H. The fourth-order valence-corrected chi connectivity index (χ4v) is 1.28. The Morgan fingerprint density at radius 2 is 2.15 bits per heavy atom. The minimum Gasteiger partial charge on any atom is -0.506 e. The summed E-state index contributed by atoms with van der Waals surface area (Å²) in [5.41, 5.74) is 1.01. The van der Waals surface area contributed by atoms with Crippen LogP contribution in [0.15, 0.2) is 30.5 Å². The summed E-state index contributed by atoms with van der Waals surface area (Å²) in [5, 5.41) is 10.1. The van der Waals surface area contributed by atoms with Gasteiger partial charge in [0.15, 0.2) is 6.29 Å². The van der Waals surface area contributed by atoms with Crippen molar-refractivity contribution in [2.24, 2.45) is 0 Å². The summed E-state index contributed by atoms with van der Waals surface area (Å²) in [7, 11) is 0. The predicted octanol–water partition coefficient (Wildman–Crippen LogP) is 1.75. The molecule has 0 saturated heterocycles. The van der Waals surface area contributed by atoms with Crippen LogP contribution in [0.5, 0.6) is 5.75 Å². The van der Waals surface area contributed by atoms with Crippen molar-refractivity contribution >= 4 is 17.2 Å². The van der Waals surface area contributed by atoms with Crippen molar-refractivity contribution in [3.8, 4) is 5.75 Å². The molecule has 0 atom stereocenters. The van der Waals surface area contributed by atoms with E-state index in [2.05, 4.69) is 4.98 Å². The number of hydrogen-bond acceptors (Lipinski definition) is 3. The maximum Gasteiger partial charge on any atom is 0.150 e. The van der Waals surface area contributed by atoms with Crippen LogP contribution < -0.4 is 0 Å². The molecule has 1 heterocycles. The molecule has 3 heteroatoms. The molecule has 1 aromatic heterocycles. The van der Waals surface area contributed by atoms with Crippen molar-refractivity contribution in [3.05, 3.63) is 36.0 Å². The summed E-state index contributed by atoms with van der Waals surface area (Å²) in [6, 6.07) is 6.61. The van der Waals surface area contributed by atoms with Crippen LogP contribution in [0.3, 0.4) is 0 Å². The topological polar surface area (TPSA) is 50.2 Å². The summed E-state index contributed by atoms with van der Waals surface area (Å²) in [6.45, 7) is 0. The first kappa shape index (κ1) is 7.73. The Kier molecular flexibility index (Phi) is 1.70. The van der Waals surface area contributed by atoms with Crippen molar-refractivity contribution in [2.75, 3.05) is 0 Å². The molecule has 0 bridgehead atoms. The Balaban J connectivity index is 2.92. The average molecular weight is 173 g/mol. The van der Waals surface area contributed by atoms with Crippen molar-refractivity contribution in [3.63, 3.8) is 0 Å². The molecular weight excluding hydrogens is 166 g/mol. The Bertz CT molecular complexity index is 465. The highest BCUT2D eigenvalue weighted by atomic mass is 16.3. The normalized spacial score (nSPS) is 10.2. The van der Waals surface area contributed by atoms with Gasteiger partial charge in [-0.25, -0.2) is 0 Å². The van der Waals surface area contributed by atoms with Crippen LogP contribution in [0.1, 0.15) is 10.4 Å². The van der Waals surface area contributed by atoms with Crippen LogP contribution in [0.25, 0.3) is 10.9 Å². The molecule has 1 N–H and O–H groups in total. The SMILES string of the molecule is O=Cc1ccnc2c(O)cccc12. The second kappa shape index (κ2) is 2.86. The van der Waals surface area contributed by atoms with Gasteiger partial charge in [-0.2, -0.15) is 0 Å². The Morgan fingerprint density at radius 1 is 1.31 bits per heavy atom. The van der Waals surface area contributed by atoms with E-state index in [1.165, 1.54) is 6.20 Å². The number of hydrogen-bond donors (Lipinski definition) is 1. The highest BCUT2D eigenvalue weighted by Crippen LogP contribution is 2.23. The number of phenols is 1. The number of aromatic nitrogens is 1. The van der Waals surface area contributed by atoms with Gasteiger partial charge in [0.1, 0.15) is 11.3 Å².